The van der Waals surface area contributed by atoms with Gasteiger partial charge in [-0.1, -0.05) is 0 Å². The summed E-state index contributed by atoms with van der Waals surface area (Å²) in [5, 5.41) is 2.89. The van der Waals surface area contributed by atoms with E-state index >= 15 is 0 Å². The van der Waals surface area contributed by atoms with E-state index < -0.39 is 5.41 Å². The van der Waals surface area contributed by atoms with Crippen LogP contribution in [0.4, 0.5) is 0 Å². The molecule has 0 saturated heterocycles. The van der Waals surface area contributed by atoms with Crippen LogP contribution in [0.3, 0.4) is 0 Å². The van der Waals surface area contributed by atoms with Crippen molar-refractivity contribution in [3.05, 3.63) is 21.9 Å². The molecule has 0 saturated carbocycles. The molecule has 0 aliphatic carbocycles. The molecule has 2 nitrogen and oxygen atoms in total. The summed E-state index contributed by atoms with van der Waals surface area (Å²) in [5.74, 6) is 0.339. The van der Waals surface area contributed by atoms with E-state index in [4.69, 9.17) is 11.6 Å². The number of thiophene rings is 1. The van der Waals surface area contributed by atoms with Crippen LogP contribution in [0.1, 0.15) is 23.6 Å². The van der Waals surface area contributed by atoms with Gasteiger partial charge in [0.15, 0.2) is 0 Å². The third kappa shape index (κ3) is 3.50. The van der Waals surface area contributed by atoms with Crippen LogP contribution in [-0.2, 0) is 11.3 Å². The first-order valence-electron chi connectivity index (χ1n) is 4.85. The number of halogens is 1. The highest BCUT2D eigenvalue weighted by Gasteiger charge is 2.25. The summed E-state index contributed by atoms with van der Waals surface area (Å²) in [4.78, 5) is 14.1. The maximum Gasteiger partial charge on any atom is 0.227 e. The zero-order valence-electron chi connectivity index (χ0n) is 9.26. The van der Waals surface area contributed by atoms with Crippen LogP contribution in [0.2, 0.25) is 0 Å². The number of carbonyl (C=O) groups excluding carboxylic acids is 1. The molecule has 0 bridgehead atoms. The number of rotatable bonds is 4. The number of aryl methyl sites for hydroxylation is 1. The van der Waals surface area contributed by atoms with Crippen molar-refractivity contribution in [3.8, 4) is 0 Å². The molecule has 0 unspecified atom stereocenters. The van der Waals surface area contributed by atoms with E-state index in [1.807, 2.05) is 19.9 Å². The van der Waals surface area contributed by atoms with Gasteiger partial charge in [-0.3, -0.25) is 4.79 Å². The van der Waals surface area contributed by atoms with Crippen LogP contribution < -0.4 is 5.32 Å². The fourth-order valence-electron chi connectivity index (χ4n) is 1.05. The lowest BCUT2D eigenvalue weighted by molar-refractivity contribution is -0.128. The first-order valence-corrected chi connectivity index (χ1v) is 6.20. The van der Waals surface area contributed by atoms with Crippen LogP contribution in [0, 0.1) is 12.3 Å². The van der Waals surface area contributed by atoms with Crippen molar-refractivity contribution >= 4 is 28.8 Å². The fourth-order valence-corrected chi connectivity index (χ4v) is 2.00. The topological polar surface area (TPSA) is 29.1 Å². The minimum absolute atomic E-state index is 0.00329. The minimum Gasteiger partial charge on any atom is -0.351 e. The van der Waals surface area contributed by atoms with Gasteiger partial charge in [-0.2, -0.15) is 0 Å². The van der Waals surface area contributed by atoms with Gasteiger partial charge in [-0.15, -0.1) is 22.9 Å². The largest absolute Gasteiger partial charge is 0.351 e. The van der Waals surface area contributed by atoms with Gasteiger partial charge in [0.05, 0.1) is 12.0 Å². The molecule has 1 aromatic rings. The predicted molar refractivity (Wildman–Crippen MR) is 65.4 cm³/mol. The highest BCUT2D eigenvalue weighted by Crippen LogP contribution is 2.18. The van der Waals surface area contributed by atoms with Crippen LogP contribution in [-0.4, -0.2) is 11.8 Å². The van der Waals surface area contributed by atoms with Gasteiger partial charge in [0.2, 0.25) is 5.91 Å². The first kappa shape index (κ1) is 12.5. The molecule has 1 N–H and O–H groups in total. The summed E-state index contributed by atoms with van der Waals surface area (Å²) in [6.45, 7) is 6.33. The third-order valence-corrected chi connectivity index (χ3v) is 3.84. The van der Waals surface area contributed by atoms with Gasteiger partial charge < -0.3 is 5.32 Å². The summed E-state index contributed by atoms with van der Waals surface area (Å²) in [5.41, 5.74) is -0.492. The Hall–Kier alpha value is -0.540. The van der Waals surface area contributed by atoms with E-state index in [-0.39, 0.29) is 5.91 Å². The molecule has 0 aliphatic rings. The molecule has 1 amide bonds. The third-order valence-electron chi connectivity index (χ3n) is 2.17. The average Bonchev–Trinajstić information content (AvgIpc) is 2.60. The Morgan fingerprint density at radius 1 is 1.53 bits per heavy atom. The number of amides is 1. The van der Waals surface area contributed by atoms with E-state index in [9.17, 15) is 4.79 Å². The fraction of sp³-hybridized carbons (Fsp3) is 0.545. The molecule has 15 heavy (non-hydrogen) atoms. The van der Waals surface area contributed by atoms with E-state index in [1.165, 1.54) is 9.75 Å². The number of hydrogen-bond acceptors (Lipinski definition) is 2. The second-order valence-corrected chi connectivity index (χ2v) is 5.85. The van der Waals surface area contributed by atoms with Gasteiger partial charge in [-0.25, -0.2) is 0 Å². The molecule has 0 spiro atoms. The normalized spacial score (nSPS) is 11.5. The summed E-state index contributed by atoms with van der Waals surface area (Å²) in [7, 11) is 0. The van der Waals surface area contributed by atoms with Crippen molar-refractivity contribution in [3.63, 3.8) is 0 Å². The standard InChI is InChI=1S/C11H16ClNOS/c1-8-4-5-9(15-8)6-13-10(14)11(2,3)7-12/h4-5H,6-7H2,1-3H3,(H,13,14). The maximum absolute atomic E-state index is 11.7. The predicted octanol–water partition coefficient (Wildman–Crippen LogP) is 2.94. The van der Waals surface area contributed by atoms with Crippen molar-refractivity contribution in [2.75, 3.05) is 5.88 Å². The van der Waals surface area contributed by atoms with E-state index in [2.05, 4.69) is 18.3 Å². The lowest BCUT2D eigenvalue weighted by Gasteiger charge is -2.19. The van der Waals surface area contributed by atoms with E-state index in [1.54, 1.807) is 11.3 Å². The smallest absolute Gasteiger partial charge is 0.227 e. The lowest BCUT2D eigenvalue weighted by Crippen LogP contribution is -2.37. The molecule has 1 aromatic heterocycles. The molecule has 4 heteroatoms. The van der Waals surface area contributed by atoms with E-state index in [0.29, 0.717) is 12.4 Å². The molecule has 0 fully saturated rings. The average molecular weight is 246 g/mol. The molecule has 0 atom stereocenters. The lowest BCUT2D eigenvalue weighted by atomic mass is 9.95. The van der Waals surface area contributed by atoms with Crippen LogP contribution >= 0.6 is 22.9 Å². The highest BCUT2D eigenvalue weighted by molar-refractivity contribution is 7.11. The van der Waals surface area contributed by atoms with Gasteiger partial charge in [0.1, 0.15) is 0 Å². The van der Waals surface area contributed by atoms with Crippen LogP contribution in [0.15, 0.2) is 12.1 Å². The molecule has 0 aromatic carbocycles. The highest BCUT2D eigenvalue weighted by atomic mass is 35.5. The zero-order chi connectivity index (χ0) is 11.5. The van der Waals surface area contributed by atoms with Crippen molar-refractivity contribution in [2.24, 2.45) is 5.41 Å². The molecular weight excluding hydrogens is 230 g/mol. The molecular formula is C11H16ClNOS. The van der Waals surface area contributed by atoms with Gasteiger partial charge in [0.25, 0.3) is 0 Å². The number of hydrogen-bond donors (Lipinski definition) is 1. The molecule has 84 valence electrons. The van der Waals surface area contributed by atoms with Gasteiger partial charge in [-0.05, 0) is 32.9 Å². The summed E-state index contributed by atoms with van der Waals surface area (Å²) in [6.07, 6.45) is 0. The number of nitrogens with one attached hydrogen (secondary N) is 1. The Morgan fingerprint density at radius 2 is 2.20 bits per heavy atom. The summed E-state index contributed by atoms with van der Waals surface area (Å²) < 4.78 is 0. The Balaban J connectivity index is 2.47. The molecule has 1 heterocycles. The number of alkyl halides is 1. The Bertz CT molecular complexity index is 346. The van der Waals surface area contributed by atoms with E-state index in [0.717, 1.165) is 0 Å². The second-order valence-electron chi connectivity index (χ2n) is 4.21. The molecule has 0 aliphatic heterocycles. The summed E-state index contributed by atoms with van der Waals surface area (Å²) in [6, 6.07) is 4.09. The van der Waals surface area contributed by atoms with Gasteiger partial charge >= 0.3 is 0 Å². The number of carbonyl (C=O) groups is 1. The molecule has 1 rings (SSSR count). The first-order chi connectivity index (χ1) is 6.95. The van der Waals surface area contributed by atoms with Crippen LogP contribution in [0.25, 0.3) is 0 Å². The van der Waals surface area contributed by atoms with Gasteiger partial charge in [0, 0.05) is 15.6 Å². The monoisotopic (exact) mass is 245 g/mol. The summed E-state index contributed by atoms with van der Waals surface area (Å²) >= 11 is 7.42. The Labute approximate surface area is 99.6 Å². The van der Waals surface area contributed by atoms with Crippen molar-refractivity contribution in [1.82, 2.24) is 5.32 Å². The van der Waals surface area contributed by atoms with Crippen molar-refractivity contribution in [2.45, 2.75) is 27.3 Å². The second kappa shape index (κ2) is 4.99. The van der Waals surface area contributed by atoms with Crippen LogP contribution in [0.5, 0.6) is 0 Å². The Kier molecular flexibility index (Phi) is 4.17. The quantitative estimate of drug-likeness (QED) is 0.812. The zero-order valence-corrected chi connectivity index (χ0v) is 10.8. The van der Waals surface area contributed by atoms with Crippen molar-refractivity contribution in [1.29, 1.82) is 0 Å². The Morgan fingerprint density at radius 3 is 2.67 bits per heavy atom. The SMILES string of the molecule is Cc1ccc(CNC(=O)C(C)(C)CCl)s1. The van der Waals surface area contributed by atoms with Crippen molar-refractivity contribution < 1.29 is 4.79 Å². The minimum atomic E-state index is -0.492. The molecule has 0 radical (unpaired) electrons. The maximum atomic E-state index is 11.7.